The first-order valence-electron chi connectivity index (χ1n) is 11.8. The summed E-state index contributed by atoms with van der Waals surface area (Å²) in [6, 6.07) is 11.9. The van der Waals surface area contributed by atoms with Crippen molar-refractivity contribution < 1.29 is 26.3 Å². The second-order valence-electron chi connectivity index (χ2n) is 9.46. The molecule has 0 saturated carbocycles. The molecule has 1 fully saturated rings. The SMILES string of the molecule is CC[C@H](NS(=O)(=O)c1ccc(C)cc1)[C@H]1OC(C)(C)O[C@@H]1[C@H](CC)NS(=O)(=O)c1ccc(C)cc1. The van der Waals surface area contributed by atoms with Crippen LogP contribution >= 0.6 is 0 Å². The van der Waals surface area contributed by atoms with E-state index in [1.807, 2.05) is 27.7 Å². The molecule has 0 unspecified atom stereocenters. The van der Waals surface area contributed by atoms with Crippen LogP contribution in [-0.4, -0.2) is 46.9 Å². The van der Waals surface area contributed by atoms with Crippen LogP contribution in [0, 0.1) is 13.8 Å². The van der Waals surface area contributed by atoms with Gasteiger partial charge in [0.2, 0.25) is 20.0 Å². The van der Waals surface area contributed by atoms with Crippen molar-refractivity contribution in [2.45, 2.75) is 94.3 Å². The van der Waals surface area contributed by atoms with E-state index in [1.54, 1.807) is 62.4 Å². The van der Waals surface area contributed by atoms with Gasteiger partial charge in [-0.25, -0.2) is 26.3 Å². The monoisotopic (exact) mass is 524 g/mol. The van der Waals surface area contributed by atoms with Crippen LogP contribution in [0.25, 0.3) is 0 Å². The summed E-state index contributed by atoms with van der Waals surface area (Å²) in [6.45, 7) is 11.0. The van der Waals surface area contributed by atoms with Crippen LogP contribution < -0.4 is 9.44 Å². The fraction of sp³-hybridized carbons (Fsp3) is 0.520. The second kappa shape index (κ2) is 10.7. The van der Waals surface area contributed by atoms with E-state index in [9.17, 15) is 16.8 Å². The number of nitrogens with one attached hydrogen (secondary N) is 2. The molecule has 1 aliphatic rings. The zero-order valence-electron chi connectivity index (χ0n) is 21.1. The molecule has 0 aromatic heterocycles. The third kappa shape index (κ3) is 6.69. The Balaban J connectivity index is 1.87. The maximum atomic E-state index is 13.1. The predicted molar refractivity (Wildman–Crippen MR) is 135 cm³/mol. The van der Waals surface area contributed by atoms with E-state index in [4.69, 9.17) is 9.47 Å². The van der Waals surface area contributed by atoms with Gasteiger partial charge in [-0.1, -0.05) is 49.2 Å². The fourth-order valence-electron chi connectivity index (χ4n) is 4.17. The van der Waals surface area contributed by atoms with E-state index >= 15 is 0 Å². The Hall–Kier alpha value is -1.82. The molecule has 2 N–H and O–H groups in total. The van der Waals surface area contributed by atoms with Crippen molar-refractivity contribution in [3.63, 3.8) is 0 Å². The zero-order chi connectivity index (χ0) is 26.0. The normalized spacial score (nSPS) is 22.1. The largest absolute Gasteiger partial charge is 0.343 e. The lowest BCUT2D eigenvalue weighted by Gasteiger charge is -2.31. The number of sulfonamides is 2. The summed E-state index contributed by atoms with van der Waals surface area (Å²) < 4.78 is 70.2. The average Bonchev–Trinajstić information content (AvgIpc) is 3.11. The van der Waals surface area contributed by atoms with Crippen molar-refractivity contribution in [2.75, 3.05) is 0 Å². The molecule has 8 nitrogen and oxygen atoms in total. The highest BCUT2D eigenvalue weighted by molar-refractivity contribution is 7.89. The lowest BCUT2D eigenvalue weighted by Crippen LogP contribution is -2.54. The molecule has 0 bridgehead atoms. The Labute approximate surface area is 209 Å². The Morgan fingerprint density at radius 2 is 1.03 bits per heavy atom. The summed E-state index contributed by atoms with van der Waals surface area (Å²) in [5.41, 5.74) is 1.91. The number of hydrogen-bond donors (Lipinski definition) is 2. The Morgan fingerprint density at radius 3 is 1.31 bits per heavy atom. The molecule has 2 aromatic rings. The smallest absolute Gasteiger partial charge is 0.240 e. The molecule has 1 heterocycles. The van der Waals surface area contributed by atoms with Crippen LogP contribution in [0.4, 0.5) is 0 Å². The number of benzene rings is 2. The van der Waals surface area contributed by atoms with Crippen molar-refractivity contribution >= 4 is 20.0 Å². The molecule has 194 valence electrons. The summed E-state index contributed by atoms with van der Waals surface area (Å²) >= 11 is 0. The van der Waals surface area contributed by atoms with E-state index in [-0.39, 0.29) is 9.79 Å². The van der Waals surface area contributed by atoms with Crippen molar-refractivity contribution in [2.24, 2.45) is 0 Å². The van der Waals surface area contributed by atoms with Crippen molar-refractivity contribution in [3.8, 4) is 0 Å². The van der Waals surface area contributed by atoms with Gasteiger partial charge in [-0.3, -0.25) is 0 Å². The number of ether oxygens (including phenoxy) is 2. The predicted octanol–water partition coefficient (Wildman–Crippen LogP) is 3.64. The first-order valence-corrected chi connectivity index (χ1v) is 14.8. The first kappa shape index (κ1) is 27.8. The highest BCUT2D eigenvalue weighted by Crippen LogP contribution is 2.34. The van der Waals surface area contributed by atoms with Crippen LogP contribution in [0.1, 0.15) is 51.7 Å². The van der Waals surface area contributed by atoms with Crippen LogP contribution in [-0.2, 0) is 29.5 Å². The van der Waals surface area contributed by atoms with Crippen LogP contribution in [0.5, 0.6) is 0 Å². The minimum atomic E-state index is -3.83. The Kier molecular flexibility index (Phi) is 8.45. The van der Waals surface area contributed by atoms with E-state index < -0.39 is 50.1 Å². The van der Waals surface area contributed by atoms with Gasteiger partial charge in [0.15, 0.2) is 5.79 Å². The summed E-state index contributed by atoms with van der Waals surface area (Å²) in [6.07, 6.45) is -0.568. The number of aryl methyl sites for hydroxylation is 2. The van der Waals surface area contributed by atoms with Gasteiger partial charge in [0.05, 0.1) is 21.9 Å². The third-order valence-electron chi connectivity index (χ3n) is 6.11. The van der Waals surface area contributed by atoms with Gasteiger partial charge in [0, 0.05) is 0 Å². The van der Waals surface area contributed by atoms with Gasteiger partial charge in [-0.15, -0.1) is 0 Å². The van der Waals surface area contributed by atoms with E-state index in [0.717, 1.165) is 11.1 Å². The molecule has 0 radical (unpaired) electrons. The third-order valence-corrected chi connectivity index (χ3v) is 9.12. The highest BCUT2D eigenvalue weighted by atomic mass is 32.2. The van der Waals surface area contributed by atoms with Crippen molar-refractivity contribution in [1.82, 2.24) is 9.44 Å². The number of hydrogen-bond acceptors (Lipinski definition) is 6. The summed E-state index contributed by atoms with van der Waals surface area (Å²) in [7, 11) is -7.65. The topological polar surface area (TPSA) is 111 Å². The molecule has 10 heteroatoms. The van der Waals surface area contributed by atoms with Gasteiger partial charge < -0.3 is 9.47 Å². The molecule has 35 heavy (non-hydrogen) atoms. The second-order valence-corrected chi connectivity index (χ2v) is 12.9. The summed E-state index contributed by atoms with van der Waals surface area (Å²) in [5, 5.41) is 0. The fourth-order valence-corrected chi connectivity index (χ4v) is 6.83. The van der Waals surface area contributed by atoms with Crippen LogP contribution in [0.15, 0.2) is 58.3 Å². The van der Waals surface area contributed by atoms with Gasteiger partial charge in [0.1, 0.15) is 12.2 Å². The molecule has 0 spiro atoms. The molecule has 0 amide bonds. The zero-order valence-corrected chi connectivity index (χ0v) is 22.7. The molecule has 4 atom stereocenters. The maximum Gasteiger partial charge on any atom is 0.240 e. The maximum absolute atomic E-state index is 13.1. The molecular weight excluding hydrogens is 488 g/mol. The molecule has 1 saturated heterocycles. The van der Waals surface area contributed by atoms with E-state index in [0.29, 0.717) is 12.8 Å². The highest BCUT2D eigenvalue weighted by Gasteiger charge is 2.49. The quantitative estimate of drug-likeness (QED) is 0.491. The van der Waals surface area contributed by atoms with Crippen molar-refractivity contribution in [1.29, 1.82) is 0 Å². The van der Waals surface area contributed by atoms with Gasteiger partial charge >= 0.3 is 0 Å². The van der Waals surface area contributed by atoms with Gasteiger partial charge in [0.25, 0.3) is 0 Å². The first-order chi connectivity index (χ1) is 16.3. The average molecular weight is 525 g/mol. The standard InChI is InChI=1S/C25H36N2O6S2/c1-7-21(26-34(28,29)19-13-9-17(3)10-14-19)23-24(33-25(5,6)32-23)22(8-2)27-35(30,31)20-15-11-18(4)12-16-20/h9-16,21-24,26-27H,7-8H2,1-6H3/t21-,22-,23+,24+/m0/s1. The minimum absolute atomic E-state index is 0.156. The minimum Gasteiger partial charge on any atom is -0.343 e. The summed E-state index contributed by atoms with van der Waals surface area (Å²) in [4.78, 5) is 0.312. The van der Waals surface area contributed by atoms with E-state index in [2.05, 4.69) is 9.44 Å². The number of rotatable bonds is 10. The van der Waals surface area contributed by atoms with Crippen LogP contribution in [0.3, 0.4) is 0 Å². The molecule has 1 aliphatic heterocycles. The lowest BCUT2D eigenvalue weighted by molar-refractivity contribution is -0.150. The Bertz CT molecular complexity index is 1110. The van der Waals surface area contributed by atoms with Crippen molar-refractivity contribution in [3.05, 3.63) is 59.7 Å². The Morgan fingerprint density at radius 1 is 0.714 bits per heavy atom. The van der Waals surface area contributed by atoms with E-state index in [1.165, 1.54) is 0 Å². The van der Waals surface area contributed by atoms with Crippen LogP contribution in [0.2, 0.25) is 0 Å². The van der Waals surface area contributed by atoms with Gasteiger partial charge in [-0.2, -0.15) is 0 Å². The molecule has 3 rings (SSSR count). The molecule has 2 aromatic carbocycles. The van der Waals surface area contributed by atoms with Gasteiger partial charge in [-0.05, 0) is 64.8 Å². The molecule has 0 aliphatic carbocycles. The lowest BCUT2D eigenvalue weighted by atomic mass is 9.97. The molecular formula is C25H36N2O6S2. The summed E-state index contributed by atoms with van der Waals surface area (Å²) in [5.74, 6) is -1.01.